The summed E-state index contributed by atoms with van der Waals surface area (Å²) in [6, 6.07) is 0. The van der Waals surface area contributed by atoms with Crippen LogP contribution in [0.2, 0.25) is 0 Å². The van der Waals surface area contributed by atoms with Crippen LogP contribution in [-0.2, 0) is 38.2 Å². The Labute approximate surface area is 152 Å². The van der Waals surface area contributed by atoms with Gasteiger partial charge in [-0.2, -0.15) is 0 Å². The molecule has 0 aliphatic rings. The predicted octanol–water partition coefficient (Wildman–Crippen LogP) is -4.28. The number of aliphatic hydroxyl groups is 2. The van der Waals surface area contributed by atoms with Gasteiger partial charge >= 0.3 is 35.8 Å². The second kappa shape index (κ2) is 10.1. The third-order valence-electron chi connectivity index (χ3n) is 2.91. The van der Waals surface area contributed by atoms with Gasteiger partial charge < -0.3 is 50.3 Å². The SMILES string of the molecule is O=C(O)C(O)C(OC(C(=O)O)C(OC(C(=O)O)C(O)C(=O)O)C(=O)O)C(=O)O. The van der Waals surface area contributed by atoms with Gasteiger partial charge in [0.25, 0.3) is 0 Å². The molecule has 0 heterocycles. The Morgan fingerprint density at radius 3 is 0.786 bits per heavy atom. The third kappa shape index (κ3) is 6.43. The first-order valence-corrected chi connectivity index (χ1v) is 6.76. The van der Waals surface area contributed by atoms with E-state index >= 15 is 0 Å². The zero-order chi connectivity index (χ0) is 22.3. The standard InChI is InChI=1S/C12H14O16/c13-1(7(15)16)3(9(19)20)27-5(11(23)24)6(12(25)26)28-4(10(21)22)2(14)8(17)18/h1-6,13-14H,(H,15,16)(H,17,18)(H,19,20)(H,21,22)(H,23,24)(H,25,26). The van der Waals surface area contributed by atoms with Crippen LogP contribution in [0.15, 0.2) is 0 Å². The monoisotopic (exact) mass is 414 g/mol. The number of ether oxygens (including phenoxy) is 2. The van der Waals surface area contributed by atoms with Crippen molar-refractivity contribution in [3.05, 3.63) is 0 Å². The van der Waals surface area contributed by atoms with Gasteiger partial charge in [-0.15, -0.1) is 0 Å². The number of hydrogen-bond acceptors (Lipinski definition) is 10. The highest BCUT2D eigenvalue weighted by Crippen LogP contribution is 2.16. The largest absolute Gasteiger partial charge is 0.479 e. The van der Waals surface area contributed by atoms with E-state index < -0.39 is 72.4 Å². The summed E-state index contributed by atoms with van der Waals surface area (Å²) in [5, 5.41) is 71.4. The third-order valence-corrected chi connectivity index (χ3v) is 2.91. The van der Waals surface area contributed by atoms with Crippen molar-refractivity contribution < 1.29 is 79.1 Å². The summed E-state index contributed by atoms with van der Waals surface area (Å²) in [7, 11) is 0. The number of carboxylic acids is 6. The molecule has 0 aromatic rings. The second-order valence-electron chi connectivity index (χ2n) is 4.87. The van der Waals surface area contributed by atoms with Crippen molar-refractivity contribution in [2.24, 2.45) is 0 Å². The van der Waals surface area contributed by atoms with Gasteiger partial charge in [0, 0.05) is 0 Å². The molecule has 0 aromatic carbocycles. The molecule has 0 aliphatic heterocycles. The van der Waals surface area contributed by atoms with Gasteiger partial charge in [-0.05, 0) is 0 Å². The molecule has 6 atom stereocenters. The van der Waals surface area contributed by atoms with Crippen LogP contribution in [0.4, 0.5) is 0 Å². The van der Waals surface area contributed by atoms with Crippen molar-refractivity contribution in [2.45, 2.75) is 36.6 Å². The Morgan fingerprint density at radius 2 is 0.643 bits per heavy atom. The molecule has 0 radical (unpaired) electrons. The molecular formula is C12H14O16. The van der Waals surface area contributed by atoms with Crippen LogP contribution in [0, 0.1) is 0 Å². The summed E-state index contributed by atoms with van der Waals surface area (Å²) in [6.45, 7) is 0. The lowest BCUT2D eigenvalue weighted by molar-refractivity contribution is -0.210. The van der Waals surface area contributed by atoms with Crippen LogP contribution in [0.5, 0.6) is 0 Å². The van der Waals surface area contributed by atoms with Gasteiger partial charge in [0.1, 0.15) is 0 Å². The van der Waals surface area contributed by atoms with Crippen LogP contribution in [-0.4, -0.2) is 113 Å². The van der Waals surface area contributed by atoms with Crippen molar-refractivity contribution in [1.82, 2.24) is 0 Å². The maximum absolute atomic E-state index is 11.2. The first-order valence-electron chi connectivity index (χ1n) is 6.76. The first kappa shape index (κ1) is 24.7. The minimum absolute atomic E-state index is 2.19. The molecular weight excluding hydrogens is 400 g/mol. The van der Waals surface area contributed by atoms with Crippen molar-refractivity contribution in [3.8, 4) is 0 Å². The fourth-order valence-corrected chi connectivity index (χ4v) is 1.63. The molecule has 0 aliphatic carbocycles. The van der Waals surface area contributed by atoms with Gasteiger partial charge in [0.05, 0.1) is 0 Å². The lowest BCUT2D eigenvalue weighted by Crippen LogP contribution is -2.54. The molecule has 0 saturated heterocycles. The topological polar surface area (TPSA) is 283 Å². The molecule has 158 valence electrons. The molecule has 0 fully saturated rings. The highest BCUT2D eigenvalue weighted by atomic mass is 16.6. The van der Waals surface area contributed by atoms with E-state index in [2.05, 4.69) is 9.47 Å². The molecule has 0 aromatic heterocycles. The molecule has 16 nitrogen and oxygen atoms in total. The fraction of sp³-hybridized carbons (Fsp3) is 0.500. The summed E-state index contributed by atoms with van der Waals surface area (Å²) in [5.41, 5.74) is 0. The number of aliphatic hydroxyl groups excluding tert-OH is 2. The first-order chi connectivity index (χ1) is 12.7. The maximum atomic E-state index is 11.2. The highest BCUT2D eigenvalue weighted by Gasteiger charge is 2.46. The van der Waals surface area contributed by atoms with Gasteiger partial charge in [0.15, 0.2) is 36.6 Å². The zero-order valence-electron chi connectivity index (χ0n) is 13.3. The van der Waals surface area contributed by atoms with Gasteiger partial charge in [-0.3, -0.25) is 0 Å². The zero-order valence-corrected chi connectivity index (χ0v) is 13.3. The molecule has 0 amide bonds. The molecule has 0 bridgehead atoms. The summed E-state index contributed by atoms with van der Waals surface area (Å²) in [6.07, 6.45) is -17.3. The van der Waals surface area contributed by atoms with E-state index in [-0.39, 0.29) is 0 Å². The number of carboxylic acid groups (broad SMARTS) is 6. The van der Waals surface area contributed by atoms with E-state index in [9.17, 15) is 39.0 Å². The molecule has 16 heteroatoms. The van der Waals surface area contributed by atoms with Crippen molar-refractivity contribution in [1.29, 1.82) is 0 Å². The Balaban J connectivity index is 5.94. The minimum Gasteiger partial charge on any atom is -0.479 e. The molecule has 6 unspecified atom stereocenters. The summed E-state index contributed by atoms with van der Waals surface area (Å²) >= 11 is 0. The summed E-state index contributed by atoms with van der Waals surface area (Å²) in [5.74, 6) is -13.4. The second-order valence-corrected chi connectivity index (χ2v) is 4.87. The van der Waals surface area contributed by atoms with E-state index in [0.717, 1.165) is 0 Å². The molecule has 0 rings (SSSR count). The number of carbonyl (C=O) groups is 6. The molecule has 28 heavy (non-hydrogen) atoms. The van der Waals surface area contributed by atoms with Gasteiger partial charge in [-0.25, -0.2) is 28.8 Å². The average molecular weight is 414 g/mol. The van der Waals surface area contributed by atoms with Crippen LogP contribution >= 0.6 is 0 Å². The van der Waals surface area contributed by atoms with Crippen LogP contribution in [0.3, 0.4) is 0 Å². The Hall–Kier alpha value is -3.34. The van der Waals surface area contributed by atoms with E-state index in [1.54, 1.807) is 0 Å². The number of hydrogen-bond donors (Lipinski definition) is 8. The van der Waals surface area contributed by atoms with E-state index in [0.29, 0.717) is 0 Å². The molecule has 0 spiro atoms. The molecule has 8 N–H and O–H groups in total. The van der Waals surface area contributed by atoms with Crippen molar-refractivity contribution in [3.63, 3.8) is 0 Å². The maximum Gasteiger partial charge on any atom is 0.336 e. The van der Waals surface area contributed by atoms with Crippen LogP contribution < -0.4 is 0 Å². The minimum atomic E-state index is -2.93. The fourth-order valence-electron chi connectivity index (χ4n) is 1.63. The smallest absolute Gasteiger partial charge is 0.336 e. The Bertz CT molecular complexity index is 598. The number of aliphatic carboxylic acids is 6. The van der Waals surface area contributed by atoms with Crippen LogP contribution in [0.25, 0.3) is 0 Å². The van der Waals surface area contributed by atoms with E-state index in [4.69, 9.17) is 30.6 Å². The van der Waals surface area contributed by atoms with Crippen molar-refractivity contribution in [2.75, 3.05) is 0 Å². The normalized spacial score (nSPS) is 17.4. The van der Waals surface area contributed by atoms with E-state index in [1.807, 2.05) is 0 Å². The highest BCUT2D eigenvalue weighted by molar-refractivity contribution is 5.87. The van der Waals surface area contributed by atoms with E-state index in [1.165, 1.54) is 0 Å². The van der Waals surface area contributed by atoms with Gasteiger partial charge in [0.2, 0.25) is 0 Å². The predicted molar refractivity (Wildman–Crippen MR) is 75.2 cm³/mol. The molecule has 0 saturated carbocycles. The van der Waals surface area contributed by atoms with Crippen molar-refractivity contribution >= 4 is 35.8 Å². The summed E-state index contributed by atoms with van der Waals surface area (Å²) in [4.78, 5) is 65.8. The Kier molecular flexibility index (Phi) is 8.91. The lowest BCUT2D eigenvalue weighted by atomic mass is 10.1. The quantitative estimate of drug-likeness (QED) is 0.141. The van der Waals surface area contributed by atoms with Crippen LogP contribution in [0.1, 0.15) is 0 Å². The number of rotatable bonds is 13. The summed E-state index contributed by atoms with van der Waals surface area (Å²) < 4.78 is 8.57. The average Bonchev–Trinajstić information content (AvgIpc) is 2.55. The Morgan fingerprint density at radius 1 is 0.429 bits per heavy atom. The lowest BCUT2D eigenvalue weighted by Gasteiger charge is -2.27. The van der Waals surface area contributed by atoms with Gasteiger partial charge in [-0.1, -0.05) is 0 Å².